The number of carbonyl (C=O) groups is 1. The summed E-state index contributed by atoms with van der Waals surface area (Å²) in [5.41, 5.74) is 0.669. The van der Waals surface area contributed by atoms with Gasteiger partial charge in [0.1, 0.15) is 12.3 Å². The highest BCUT2D eigenvalue weighted by molar-refractivity contribution is 14.0. The molecule has 0 aliphatic carbocycles. The lowest BCUT2D eigenvalue weighted by atomic mass is 9.98. The first kappa shape index (κ1) is 24.5. The Morgan fingerprint density at radius 2 is 1.79 bits per heavy atom. The first-order valence-corrected chi connectivity index (χ1v) is 9.77. The number of likely N-dealkylation sites (tertiary alicyclic amines) is 1. The van der Waals surface area contributed by atoms with Gasteiger partial charge in [-0.1, -0.05) is 6.42 Å². The van der Waals surface area contributed by atoms with Crippen molar-refractivity contribution in [1.82, 2.24) is 15.5 Å². The number of guanidine groups is 1. The molecule has 1 aliphatic heterocycles. The van der Waals surface area contributed by atoms with Crippen molar-refractivity contribution >= 4 is 41.5 Å². The lowest BCUT2D eigenvalue weighted by molar-refractivity contribution is -0.114. The normalized spacial score (nSPS) is 15.5. The Hall–Kier alpha value is -1.55. The molecule has 1 fully saturated rings. The molecule has 7 nitrogen and oxygen atoms in total. The molecular formula is C20H34IN5O2. The summed E-state index contributed by atoms with van der Waals surface area (Å²) in [6.45, 7) is 10.3. The average molecular weight is 503 g/mol. The number of halogens is 1. The Balaban J connectivity index is 0.00000392. The van der Waals surface area contributed by atoms with E-state index in [-0.39, 0.29) is 47.7 Å². The van der Waals surface area contributed by atoms with Crippen LogP contribution in [0.15, 0.2) is 29.3 Å². The molecule has 0 bridgehead atoms. The highest BCUT2D eigenvalue weighted by Gasteiger charge is 2.27. The fraction of sp³-hybridized carbons (Fsp3) is 0.600. The van der Waals surface area contributed by atoms with Crippen LogP contribution in [0.2, 0.25) is 0 Å². The molecule has 0 atom stereocenters. The van der Waals surface area contributed by atoms with Gasteiger partial charge >= 0.3 is 0 Å². The zero-order valence-electron chi connectivity index (χ0n) is 17.1. The summed E-state index contributed by atoms with van der Waals surface area (Å²) in [6, 6.07) is 6.38. The predicted octanol–water partition coefficient (Wildman–Crippen LogP) is 2.77. The van der Waals surface area contributed by atoms with Gasteiger partial charge in [-0.15, -0.1) is 24.0 Å². The molecular weight excluding hydrogens is 469 g/mol. The summed E-state index contributed by atoms with van der Waals surface area (Å²) in [5, 5.41) is 18.6. The van der Waals surface area contributed by atoms with Crippen LogP contribution in [-0.4, -0.2) is 60.1 Å². The molecule has 0 saturated carbocycles. The highest BCUT2D eigenvalue weighted by atomic mass is 127. The van der Waals surface area contributed by atoms with Gasteiger partial charge in [0.25, 0.3) is 0 Å². The van der Waals surface area contributed by atoms with Crippen molar-refractivity contribution < 1.29 is 9.90 Å². The molecule has 4 N–H and O–H groups in total. The smallest absolute Gasteiger partial charge is 0.246 e. The number of carbonyl (C=O) groups excluding carboxylic acids is 1. The van der Waals surface area contributed by atoms with E-state index in [9.17, 15) is 9.90 Å². The summed E-state index contributed by atoms with van der Waals surface area (Å²) < 4.78 is 0. The van der Waals surface area contributed by atoms with E-state index >= 15 is 0 Å². The van der Waals surface area contributed by atoms with Gasteiger partial charge in [-0.05, 0) is 71.0 Å². The van der Waals surface area contributed by atoms with Crippen molar-refractivity contribution in [2.75, 3.05) is 38.0 Å². The fourth-order valence-corrected chi connectivity index (χ4v) is 3.15. The number of hydrogen-bond acceptors (Lipinski definition) is 4. The quantitative estimate of drug-likeness (QED) is 0.199. The largest absolute Gasteiger partial charge is 0.508 e. The van der Waals surface area contributed by atoms with E-state index in [1.165, 1.54) is 31.4 Å². The summed E-state index contributed by atoms with van der Waals surface area (Å²) in [4.78, 5) is 19.0. The maximum Gasteiger partial charge on any atom is 0.246 e. The van der Waals surface area contributed by atoms with Gasteiger partial charge in [-0.2, -0.15) is 0 Å². The number of anilines is 1. The number of hydrogen-bond donors (Lipinski definition) is 4. The minimum atomic E-state index is -0.201. The minimum Gasteiger partial charge on any atom is -0.508 e. The van der Waals surface area contributed by atoms with Crippen LogP contribution in [0.25, 0.3) is 0 Å². The van der Waals surface area contributed by atoms with Crippen LogP contribution in [0.1, 0.15) is 40.0 Å². The van der Waals surface area contributed by atoms with Crippen molar-refractivity contribution in [3.05, 3.63) is 24.3 Å². The van der Waals surface area contributed by atoms with Gasteiger partial charge in [0.2, 0.25) is 5.91 Å². The van der Waals surface area contributed by atoms with Crippen LogP contribution in [0, 0.1) is 0 Å². The number of phenols is 1. The van der Waals surface area contributed by atoms with Gasteiger partial charge < -0.3 is 21.1 Å². The molecule has 158 valence electrons. The third-order valence-corrected chi connectivity index (χ3v) is 4.78. The van der Waals surface area contributed by atoms with Crippen LogP contribution in [0.3, 0.4) is 0 Å². The molecule has 0 unspecified atom stereocenters. The predicted molar refractivity (Wildman–Crippen MR) is 126 cm³/mol. The van der Waals surface area contributed by atoms with Crippen molar-refractivity contribution in [2.45, 2.75) is 45.6 Å². The standard InChI is InChI=1S/C20H33N5O2.HI/c1-4-21-19(23-15-20(2,3)25-12-6-5-7-13-25)22-14-18(27)24-16-8-10-17(26)11-9-16;/h8-11,26H,4-7,12-15H2,1-3H3,(H,24,27)(H2,21,22,23);1H. The zero-order valence-corrected chi connectivity index (χ0v) is 19.5. The number of amides is 1. The number of benzene rings is 1. The topological polar surface area (TPSA) is 89.0 Å². The Morgan fingerprint density at radius 3 is 2.39 bits per heavy atom. The minimum absolute atomic E-state index is 0. The van der Waals surface area contributed by atoms with E-state index in [0.29, 0.717) is 11.6 Å². The van der Waals surface area contributed by atoms with Crippen molar-refractivity contribution in [3.8, 4) is 5.75 Å². The number of piperidine rings is 1. The number of nitrogens with zero attached hydrogens (tertiary/aromatic N) is 2. The lowest BCUT2D eigenvalue weighted by Gasteiger charge is -2.41. The molecule has 1 amide bonds. The summed E-state index contributed by atoms with van der Waals surface area (Å²) in [6.07, 6.45) is 3.84. The van der Waals surface area contributed by atoms with E-state index in [4.69, 9.17) is 0 Å². The van der Waals surface area contributed by atoms with E-state index < -0.39 is 0 Å². The number of nitrogens with one attached hydrogen (secondary N) is 3. The summed E-state index contributed by atoms with van der Waals surface area (Å²) in [5.74, 6) is 0.609. The molecule has 0 aromatic heterocycles. The molecule has 0 radical (unpaired) electrons. The van der Waals surface area contributed by atoms with Gasteiger partial charge in [0.05, 0.1) is 0 Å². The third-order valence-electron chi connectivity index (χ3n) is 4.78. The number of phenolic OH excluding ortho intramolecular Hbond substituents is 1. The van der Waals surface area contributed by atoms with Crippen LogP contribution in [0.5, 0.6) is 5.75 Å². The van der Waals surface area contributed by atoms with E-state index in [1.807, 2.05) is 6.92 Å². The van der Waals surface area contributed by atoms with Crippen LogP contribution < -0.4 is 16.0 Å². The molecule has 8 heteroatoms. The second-order valence-corrected chi connectivity index (χ2v) is 7.50. The summed E-state index contributed by atoms with van der Waals surface area (Å²) in [7, 11) is 0. The Bertz CT molecular complexity index is 628. The first-order valence-electron chi connectivity index (χ1n) is 9.77. The van der Waals surface area contributed by atoms with Crippen molar-refractivity contribution in [3.63, 3.8) is 0 Å². The van der Waals surface area contributed by atoms with Gasteiger partial charge in [-0.3, -0.25) is 9.69 Å². The monoisotopic (exact) mass is 503 g/mol. The van der Waals surface area contributed by atoms with E-state index in [2.05, 4.69) is 39.7 Å². The molecule has 28 heavy (non-hydrogen) atoms. The fourth-order valence-electron chi connectivity index (χ4n) is 3.15. The van der Waals surface area contributed by atoms with Crippen LogP contribution >= 0.6 is 24.0 Å². The molecule has 0 spiro atoms. The maximum absolute atomic E-state index is 12.1. The molecule has 2 rings (SSSR count). The second-order valence-electron chi connectivity index (χ2n) is 7.50. The van der Waals surface area contributed by atoms with Crippen LogP contribution in [-0.2, 0) is 4.79 Å². The molecule has 1 heterocycles. The summed E-state index contributed by atoms with van der Waals surface area (Å²) >= 11 is 0. The second kappa shape index (κ2) is 12.1. The SMILES string of the molecule is CCNC(=NCC(=O)Nc1ccc(O)cc1)NCC(C)(C)N1CCCCC1.I. The van der Waals surface area contributed by atoms with E-state index in [0.717, 1.165) is 26.2 Å². The van der Waals surface area contributed by atoms with Crippen molar-refractivity contribution in [2.24, 2.45) is 4.99 Å². The lowest BCUT2D eigenvalue weighted by Crippen LogP contribution is -2.55. The third kappa shape index (κ3) is 8.22. The molecule has 1 aromatic rings. The van der Waals surface area contributed by atoms with E-state index in [1.54, 1.807) is 12.1 Å². The number of aromatic hydroxyl groups is 1. The molecule has 1 saturated heterocycles. The highest BCUT2D eigenvalue weighted by Crippen LogP contribution is 2.19. The van der Waals surface area contributed by atoms with Gasteiger partial charge in [-0.25, -0.2) is 4.99 Å². The first-order chi connectivity index (χ1) is 12.9. The van der Waals surface area contributed by atoms with Crippen molar-refractivity contribution in [1.29, 1.82) is 0 Å². The Morgan fingerprint density at radius 1 is 1.14 bits per heavy atom. The number of aliphatic imine (C=N–C) groups is 1. The Labute approximate surface area is 185 Å². The average Bonchev–Trinajstić information content (AvgIpc) is 2.66. The number of rotatable bonds is 7. The van der Waals surface area contributed by atoms with Crippen LogP contribution in [0.4, 0.5) is 5.69 Å². The zero-order chi connectivity index (χ0) is 19.7. The van der Waals surface area contributed by atoms with Gasteiger partial charge in [0.15, 0.2) is 5.96 Å². The molecule has 1 aliphatic rings. The maximum atomic E-state index is 12.1. The molecule has 1 aromatic carbocycles. The Kier molecular flexibility index (Phi) is 10.6. The van der Waals surface area contributed by atoms with Gasteiger partial charge in [0, 0.05) is 24.3 Å².